The molecule has 0 amide bonds. The van der Waals surface area contributed by atoms with Gasteiger partial charge < -0.3 is 10.5 Å². The molecule has 0 unspecified atom stereocenters. The fraction of sp³-hybridized carbons (Fsp3) is 0.167. The molecule has 3 N–H and O–H groups in total. The molecule has 3 rings (SSSR count). The van der Waals surface area contributed by atoms with E-state index in [-0.39, 0.29) is 0 Å². The first kappa shape index (κ1) is 17.0. The molecule has 0 aliphatic rings. The number of hydrogen-bond donors (Lipinski definition) is 2. The Balaban J connectivity index is 2.19. The number of benzene rings is 1. The van der Waals surface area contributed by atoms with Crippen molar-refractivity contribution in [2.24, 2.45) is 10.7 Å². The third kappa shape index (κ3) is 3.21. The van der Waals surface area contributed by atoms with Crippen LogP contribution >= 0.6 is 11.6 Å². The average Bonchev–Trinajstić information content (AvgIpc) is 2.91. The number of nitrogens with zero attached hydrogens (tertiary/aromatic N) is 3. The number of hydrogen-bond acceptors (Lipinski definition) is 4. The van der Waals surface area contributed by atoms with Gasteiger partial charge in [-0.05, 0) is 47.9 Å². The smallest absolute Gasteiger partial charge is 0.357 e. The summed E-state index contributed by atoms with van der Waals surface area (Å²) in [5.74, 6) is 0.704. The first-order valence-electron chi connectivity index (χ1n) is 7.72. The minimum absolute atomic E-state index is 0.575. The fourth-order valence-electron chi connectivity index (χ4n) is 2.72. The molecule has 0 bridgehead atoms. The van der Waals surface area contributed by atoms with E-state index in [0.717, 1.165) is 33.8 Å². The largest absolute Gasteiger partial charge is 0.496 e. The lowest BCUT2D eigenvalue weighted by atomic mass is 10.0. The van der Waals surface area contributed by atoms with E-state index in [0.29, 0.717) is 10.9 Å². The number of aromatic nitrogens is 3. The highest BCUT2D eigenvalue weighted by atomic mass is 35.5. The Morgan fingerprint density at radius 1 is 1.32 bits per heavy atom. The molecule has 0 saturated heterocycles. The molecule has 0 saturated carbocycles. The standard InChI is InChI=1S/C18H18ClN5O/c1-11-9-16(19)24-18(22-11)17(12(2)23-24)14-6-5-13(10-15(14)25-3)21-8-4-7-20/h4-10H,1-3H3,(H2,20,21)/p+1. The summed E-state index contributed by atoms with van der Waals surface area (Å²) in [5.41, 5.74) is 10.5. The molecule has 6 nitrogen and oxygen atoms in total. The Bertz CT molecular complexity index is 991. The molecule has 0 aliphatic carbocycles. The Hall–Kier alpha value is -2.86. The molecular formula is C18H19ClN5O+. The summed E-state index contributed by atoms with van der Waals surface area (Å²) in [6.45, 7) is 3.89. The number of ether oxygens (including phenoxy) is 1. The van der Waals surface area contributed by atoms with Gasteiger partial charge in [0.05, 0.1) is 18.5 Å². The molecule has 1 aromatic carbocycles. The Labute approximate surface area is 150 Å². The van der Waals surface area contributed by atoms with E-state index in [2.05, 4.69) is 15.1 Å². The molecule has 0 fully saturated rings. The van der Waals surface area contributed by atoms with E-state index in [1.54, 1.807) is 23.9 Å². The number of aliphatic imine (C=N–C) groups is 1. The summed E-state index contributed by atoms with van der Waals surface area (Å²) in [6.07, 6.45) is 4.72. The van der Waals surface area contributed by atoms with Crippen molar-refractivity contribution in [3.8, 4) is 16.9 Å². The summed E-state index contributed by atoms with van der Waals surface area (Å²) in [5, 5.41) is 3.82. The Morgan fingerprint density at radius 2 is 2.12 bits per heavy atom. The maximum Gasteiger partial charge on any atom is 0.357 e. The number of H-pyrrole nitrogens is 1. The van der Waals surface area contributed by atoms with Crippen LogP contribution in [0.3, 0.4) is 0 Å². The van der Waals surface area contributed by atoms with Crippen LogP contribution in [0.25, 0.3) is 16.8 Å². The van der Waals surface area contributed by atoms with Crippen LogP contribution in [-0.2, 0) is 0 Å². The van der Waals surface area contributed by atoms with Crippen LogP contribution < -0.4 is 15.0 Å². The lowest BCUT2D eigenvalue weighted by molar-refractivity contribution is -0.577. The van der Waals surface area contributed by atoms with Crippen LogP contribution in [0.1, 0.15) is 11.4 Å². The molecule has 0 aliphatic heterocycles. The molecule has 2 aromatic heterocycles. The van der Waals surface area contributed by atoms with Crippen LogP contribution in [0.2, 0.25) is 5.15 Å². The fourth-order valence-corrected chi connectivity index (χ4v) is 3.00. The van der Waals surface area contributed by atoms with Gasteiger partial charge >= 0.3 is 5.65 Å². The minimum Gasteiger partial charge on any atom is -0.496 e. The first-order chi connectivity index (χ1) is 12.0. The monoisotopic (exact) mass is 356 g/mol. The van der Waals surface area contributed by atoms with Crippen molar-refractivity contribution in [3.05, 3.63) is 53.1 Å². The molecule has 3 aromatic rings. The number of fused-ring (bicyclic) bond motifs is 1. The van der Waals surface area contributed by atoms with Gasteiger partial charge in [-0.3, -0.25) is 4.99 Å². The summed E-state index contributed by atoms with van der Waals surface area (Å²) in [6, 6.07) is 7.57. The van der Waals surface area contributed by atoms with E-state index in [9.17, 15) is 0 Å². The third-order valence-corrected chi connectivity index (χ3v) is 4.07. The zero-order valence-electron chi connectivity index (χ0n) is 14.2. The van der Waals surface area contributed by atoms with Crippen LogP contribution in [0.4, 0.5) is 5.69 Å². The second-order valence-corrected chi connectivity index (χ2v) is 5.93. The SMILES string of the molecule is COc1cc(N=CC=CN)ccc1-c1c(C)[nH][n+]2c(Cl)cc(C)nc12. The lowest BCUT2D eigenvalue weighted by Crippen LogP contribution is -2.26. The average molecular weight is 357 g/mol. The summed E-state index contributed by atoms with van der Waals surface area (Å²) >= 11 is 6.33. The van der Waals surface area contributed by atoms with Crippen molar-refractivity contribution < 1.29 is 9.25 Å². The number of aromatic amines is 1. The summed E-state index contributed by atoms with van der Waals surface area (Å²) < 4.78 is 7.34. The van der Waals surface area contributed by atoms with Gasteiger partial charge in [0.15, 0.2) is 5.69 Å². The highest BCUT2D eigenvalue weighted by Crippen LogP contribution is 2.36. The van der Waals surface area contributed by atoms with Crippen molar-refractivity contribution in [1.29, 1.82) is 0 Å². The molecule has 25 heavy (non-hydrogen) atoms. The minimum atomic E-state index is 0.575. The third-order valence-electron chi connectivity index (χ3n) is 3.79. The van der Waals surface area contributed by atoms with Gasteiger partial charge in [-0.2, -0.15) is 0 Å². The zero-order chi connectivity index (χ0) is 18.0. The van der Waals surface area contributed by atoms with E-state index in [1.165, 1.54) is 6.20 Å². The molecule has 0 atom stereocenters. The van der Waals surface area contributed by atoms with Crippen molar-refractivity contribution in [2.45, 2.75) is 13.8 Å². The number of nitrogens with one attached hydrogen (secondary N) is 1. The van der Waals surface area contributed by atoms with Crippen molar-refractivity contribution in [1.82, 2.24) is 10.1 Å². The molecular weight excluding hydrogens is 338 g/mol. The number of rotatable bonds is 4. The number of aryl methyl sites for hydroxylation is 2. The predicted octanol–water partition coefficient (Wildman–Crippen LogP) is 3.27. The van der Waals surface area contributed by atoms with Gasteiger partial charge in [0.25, 0.3) is 0 Å². The second kappa shape index (κ2) is 6.94. The van der Waals surface area contributed by atoms with Gasteiger partial charge in [0.1, 0.15) is 11.3 Å². The second-order valence-electron chi connectivity index (χ2n) is 5.54. The summed E-state index contributed by atoms with van der Waals surface area (Å²) in [4.78, 5) is 8.95. The van der Waals surface area contributed by atoms with Gasteiger partial charge in [0.2, 0.25) is 5.15 Å². The number of nitrogens with two attached hydrogens (primary N) is 1. The molecule has 0 spiro atoms. The highest BCUT2D eigenvalue weighted by molar-refractivity contribution is 6.28. The summed E-state index contributed by atoms with van der Waals surface area (Å²) in [7, 11) is 1.63. The Morgan fingerprint density at radius 3 is 2.84 bits per heavy atom. The quantitative estimate of drug-likeness (QED) is 0.427. The maximum absolute atomic E-state index is 6.33. The van der Waals surface area contributed by atoms with E-state index in [1.807, 2.05) is 38.1 Å². The van der Waals surface area contributed by atoms with Gasteiger partial charge in [-0.1, -0.05) is 0 Å². The van der Waals surface area contributed by atoms with E-state index >= 15 is 0 Å². The van der Waals surface area contributed by atoms with Crippen molar-refractivity contribution in [3.63, 3.8) is 0 Å². The molecule has 7 heteroatoms. The van der Waals surface area contributed by atoms with Crippen LogP contribution in [0.15, 0.2) is 41.5 Å². The molecule has 128 valence electrons. The van der Waals surface area contributed by atoms with E-state index in [4.69, 9.17) is 22.1 Å². The van der Waals surface area contributed by atoms with Crippen molar-refractivity contribution >= 4 is 29.2 Å². The number of allylic oxidation sites excluding steroid dienone is 1. The maximum atomic E-state index is 6.33. The lowest BCUT2D eigenvalue weighted by Gasteiger charge is -2.07. The van der Waals surface area contributed by atoms with Gasteiger partial charge in [-0.15, -0.1) is 4.52 Å². The Kier molecular flexibility index (Phi) is 4.72. The zero-order valence-corrected chi connectivity index (χ0v) is 15.0. The molecule has 2 heterocycles. The predicted molar refractivity (Wildman–Crippen MR) is 99.7 cm³/mol. The van der Waals surface area contributed by atoms with Crippen molar-refractivity contribution in [2.75, 3.05) is 7.11 Å². The van der Waals surface area contributed by atoms with Crippen LogP contribution in [-0.4, -0.2) is 23.4 Å². The normalized spacial score (nSPS) is 11.8. The van der Waals surface area contributed by atoms with Crippen LogP contribution in [0.5, 0.6) is 5.75 Å². The van der Waals surface area contributed by atoms with Gasteiger partial charge in [-0.25, -0.2) is 5.10 Å². The van der Waals surface area contributed by atoms with Crippen LogP contribution in [0, 0.1) is 13.8 Å². The highest BCUT2D eigenvalue weighted by Gasteiger charge is 2.24. The number of halogens is 1. The van der Waals surface area contributed by atoms with E-state index < -0.39 is 0 Å². The topological polar surface area (TPSA) is 80.4 Å². The number of methoxy groups -OCH3 is 1. The molecule has 0 radical (unpaired) electrons. The first-order valence-corrected chi connectivity index (χ1v) is 8.09. The van der Waals surface area contributed by atoms with Gasteiger partial charge in [0, 0.05) is 30.8 Å².